The van der Waals surface area contributed by atoms with Gasteiger partial charge in [-0.05, 0) is 6.44 Å². The molecule has 0 aromatic carbocycles. The van der Waals surface area contributed by atoms with E-state index in [1.807, 2.05) is 0 Å². The van der Waals surface area contributed by atoms with E-state index < -0.39 is 0 Å². The normalized spacial score (nSPS) is 22.5. The van der Waals surface area contributed by atoms with Crippen LogP contribution in [0.3, 0.4) is 0 Å². The molecule has 0 saturated heterocycles. The molecule has 1 radical (unpaired) electrons. The van der Waals surface area contributed by atoms with Crippen LogP contribution in [0.1, 0.15) is 57.8 Å². The van der Waals surface area contributed by atoms with Crippen molar-refractivity contribution in [1.82, 2.24) is 0 Å². The quantitative estimate of drug-likeness (QED) is 0.649. The summed E-state index contributed by atoms with van der Waals surface area (Å²) < 4.78 is 0. The Morgan fingerprint density at radius 2 is 1.31 bits per heavy atom. The average molecular weight is 180 g/mol. The maximum absolute atomic E-state index is 5.56. The van der Waals surface area contributed by atoms with E-state index in [1.54, 1.807) is 0 Å². The van der Waals surface area contributed by atoms with Crippen molar-refractivity contribution < 1.29 is 0 Å². The van der Waals surface area contributed by atoms with Crippen LogP contribution in [0.4, 0.5) is 0 Å². The third-order valence-corrected chi connectivity index (χ3v) is 3.12. The highest BCUT2D eigenvalue weighted by Gasteiger charge is 2.09. The molecule has 1 aliphatic carbocycles. The summed E-state index contributed by atoms with van der Waals surface area (Å²) in [6.07, 6.45) is 13.6. The minimum Gasteiger partial charge on any atom is -0.338 e. The van der Waals surface area contributed by atoms with Gasteiger partial charge in [-0.3, -0.25) is 0 Å². The SMILES string of the molecule is NC[B]C1CCCCCCCCC1. The van der Waals surface area contributed by atoms with Crippen LogP contribution in [0, 0.1) is 0 Å². The molecule has 1 rings (SSSR count). The van der Waals surface area contributed by atoms with Crippen molar-refractivity contribution in [1.29, 1.82) is 0 Å². The monoisotopic (exact) mass is 180 g/mol. The van der Waals surface area contributed by atoms with Gasteiger partial charge < -0.3 is 5.73 Å². The van der Waals surface area contributed by atoms with Crippen molar-refractivity contribution in [2.24, 2.45) is 5.73 Å². The first-order valence-electron chi connectivity index (χ1n) is 5.97. The molecular weight excluding hydrogens is 157 g/mol. The van der Waals surface area contributed by atoms with Gasteiger partial charge in [0, 0.05) is 0 Å². The molecule has 75 valence electrons. The minimum atomic E-state index is 0.769. The van der Waals surface area contributed by atoms with Crippen molar-refractivity contribution in [2.45, 2.75) is 63.6 Å². The Labute approximate surface area is 83.7 Å². The first-order valence-corrected chi connectivity index (χ1v) is 5.97. The van der Waals surface area contributed by atoms with E-state index in [4.69, 9.17) is 5.73 Å². The second-order valence-corrected chi connectivity index (χ2v) is 4.28. The van der Waals surface area contributed by atoms with Crippen LogP contribution >= 0.6 is 0 Å². The fourth-order valence-electron chi connectivity index (χ4n) is 2.27. The van der Waals surface area contributed by atoms with Gasteiger partial charge in [-0.15, -0.1) is 0 Å². The summed E-state index contributed by atoms with van der Waals surface area (Å²) in [4.78, 5) is 0. The fourth-order valence-corrected chi connectivity index (χ4v) is 2.27. The summed E-state index contributed by atoms with van der Waals surface area (Å²) in [6, 6.07) is 0. The molecule has 0 atom stereocenters. The topological polar surface area (TPSA) is 26.0 Å². The highest BCUT2D eigenvalue weighted by molar-refractivity contribution is 6.37. The minimum absolute atomic E-state index is 0.769. The lowest BCUT2D eigenvalue weighted by Gasteiger charge is -2.16. The Morgan fingerprint density at radius 3 is 1.77 bits per heavy atom. The highest BCUT2D eigenvalue weighted by Crippen LogP contribution is 2.24. The zero-order chi connectivity index (χ0) is 9.36. The molecule has 0 aromatic rings. The van der Waals surface area contributed by atoms with Gasteiger partial charge in [-0.2, -0.15) is 0 Å². The van der Waals surface area contributed by atoms with Crippen molar-refractivity contribution >= 4 is 7.28 Å². The lowest BCUT2D eigenvalue weighted by atomic mass is 9.60. The third kappa shape index (κ3) is 5.35. The van der Waals surface area contributed by atoms with Crippen LogP contribution in [0.5, 0.6) is 0 Å². The first-order chi connectivity index (χ1) is 6.43. The highest BCUT2D eigenvalue weighted by atomic mass is 14.5. The molecular formula is C11H23BN. The van der Waals surface area contributed by atoms with Gasteiger partial charge in [0.25, 0.3) is 0 Å². The van der Waals surface area contributed by atoms with Crippen molar-refractivity contribution in [3.8, 4) is 0 Å². The van der Waals surface area contributed by atoms with Crippen molar-refractivity contribution in [3.05, 3.63) is 0 Å². The lowest BCUT2D eigenvalue weighted by Crippen LogP contribution is -2.15. The van der Waals surface area contributed by atoms with Gasteiger partial charge in [0.05, 0.1) is 0 Å². The zero-order valence-corrected chi connectivity index (χ0v) is 8.80. The van der Waals surface area contributed by atoms with Gasteiger partial charge in [0.15, 0.2) is 0 Å². The van der Waals surface area contributed by atoms with E-state index in [2.05, 4.69) is 7.28 Å². The Morgan fingerprint density at radius 1 is 0.846 bits per heavy atom. The van der Waals surface area contributed by atoms with Crippen LogP contribution in [-0.4, -0.2) is 13.7 Å². The molecule has 0 spiro atoms. The largest absolute Gasteiger partial charge is 0.338 e. The molecule has 0 amide bonds. The van der Waals surface area contributed by atoms with E-state index in [1.165, 1.54) is 57.8 Å². The van der Waals surface area contributed by atoms with Crippen molar-refractivity contribution in [3.63, 3.8) is 0 Å². The summed E-state index contributed by atoms with van der Waals surface area (Å²) in [7, 11) is 2.32. The van der Waals surface area contributed by atoms with E-state index in [0.717, 1.165) is 12.3 Å². The lowest BCUT2D eigenvalue weighted by molar-refractivity contribution is 0.502. The van der Waals surface area contributed by atoms with Gasteiger partial charge in [-0.25, -0.2) is 0 Å². The molecule has 2 N–H and O–H groups in total. The Bertz CT molecular complexity index is 107. The summed E-state index contributed by atoms with van der Waals surface area (Å²) in [5, 5.41) is 0. The molecule has 1 saturated carbocycles. The Kier molecular flexibility index (Phi) is 6.35. The molecule has 0 heterocycles. The predicted octanol–water partition coefficient (Wildman–Crippen LogP) is 2.92. The number of nitrogens with two attached hydrogens (primary N) is 1. The van der Waals surface area contributed by atoms with E-state index in [9.17, 15) is 0 Å². The van der Waals surface area contributed by atoms with Crippen LogP contribution < -0.4 is 5.73 Å². The maximum Gasteiger partial charge on any atom is 0.132 e. The molecule has 0 aliphatic heterocycles. The van der Waals surface area contributed by atoms with Gasteiger partial charge in [0.2, 0.25) is 0 Å². The molecule has 1 aliphatic rings. The second kappa shape index (κ2) is 7.43. The van der Waals surface area contributed by atoms with E-state index in [0.29, 0.717) is 0 Å². The van der Waals surface area contributed by atoms with Gasteiger partial charge in [0.1, 0.15) is 7.28 Å². The summed E-state index contributed by atoms with van der Waals surface area (Å²) in [5.41, 5.74) is 5.56. The first kappa shape index (κ1) is 11.1. The number of rotatable bonds is 2. The molecule has 0 bridgehead atoms. The molecule has 1 fully saturated rings. The van der Waals surface area contributed by atoms with E-state index >= 15 is 0 Å². The molecule has 2 heteroatoms. The smallest absolute Gasteiger partial charge is 0.132 e. The van der Waals surface area contributed by atoms with Crippen LogP contribution in [0.2, 0.25) is 5.82 Å². The maximum atomic E-state index is 5.56. The molecule has 0 unspecified atom stereocenters. The summed E-state index contributed by atoms with van der Waals surface area (Å²) >= 11 is 0. The predicted molar refractivity (Wildman–Crippen MR) is 60.1 cm³/mol. The third-order valence-electron chi connectivity index (χ3n) is 3.12. The Hall–Kier alpha value is 0.0249. The van der Waals surface area contributed by atoms with Crippen molar-refractivity contribution in [2.75, 3.05) is 6.44 Å². The number of hydrogen-bond donors (Lipinski definition) is 1. The average Bonchev–Trinajstić information content (AvgIpc) is 2.16. The van der Waals surface area contributed by atoms with Crippen LogP contribution in [0.25, 0.3) is 0 Å². The number of hydrogen-bond acceptors (Lipinski definition) is 1. The standard InChI is InChI=1S/C11H23BN/c13-10-12-11-8-6-4-2-1-3-5-7-9-11/h11H,1-10,13H2. The zero-order valence-electron chi connectivity index (χ0n) is 8.80. The van der Waals surface area contributed by atoms with E-state index in [-0.39, 0.29) is 0 Å². The molecule has 13 heavy (non-hydrogen) atoms. The second-order valence-electron chi connectivity index (χ2n) is 4.28. The summed E-state index contributed by atoms with van der Waals surface area (Å²) in [6.45, 7) is 0. The Balaban J connectivity index is 2.18. The summed E-state index contributed by atoms with van der Waals surface area (Å²) in [5.74, 6) is 0.822. The fraction of sp³-hybridized carbons (Fsp3) is 1.00. The van der Waals surface area contributed by atoms with Crippen LogP contribution in [-0.2, 0) is 0 Å². The van der Waals surface area contributed by atoms with Gasteiger partial charge in [-0.1, -0.05) is 63.6 Å². The van der Waals surface area contributed by atoms with Crippen LogP contribution in [0.15, 0.2) is 0 Å². The molecule has 0 aromatic heterocycles. The molecule has 1 nitrogen and oxygen atoms in total. The van der Waals surface area contributed by atoms with Gasteiger partial charge >= 0.3 is 0 Å².